The summed E-state index contributed by atoms with van der Waals surface area (Å²) in [5.41, 5.74) is 0. The minimum Gasteiger partial charge on any atom is -0.151 e. The highest BCUT2D eigenvalue weighted by Crippen LogP contribution is 2.21. The molecule has 1 radical (unpaired) electrons. The van der Waals surface area contributed by atoms with Crippen molar-refractivity contribution in [1.82, 2.24) is 0 Å². The maximum Gasteiger partial charge on any atom is 0.234 e. The van der Waals surface area contributed by atoms with Crippen LogP contribution in [0.4, 0.5) is 0 Å². The van der Waals surface area contributed by atoms with Crippen LogP contribution in [0.1, 0.15) is 13.8 Å². The highest BCUT2D eigenvalue weighted by molar-refractivity contribution is 14.1. The van der Waals surface area contributed by atoms with E-state index in [-0.39, 0.29) is 0 Å². The quantitative estimate of drug-likeness (QED) is 0.384. The van der Waals surface area contributed by atoms with E-state index in [1.165, 1.54) is 5.31 Å². The molecule has 0 N–H and O–H groups in total. The summed E-state index contributed by atoms with van der Waals surface area (Å²) in [5, 5.41) is 1.47. The van der Waals surface area contributed by atoms with Gasteiger partial charge in [0.15, 0.2) is 0 Å². The third-order valence-electron chi connectivity index (χ3n) is 0.715. The van der Waals surface area contributed by atoms with E-state index in [0.717, 1.165) is 8.46 Å². The Morgan fingerprint density at radius 3 is 2.57 bits per heavy atom. The number of allylic oxidation sites excluding steroid dienone is 2. The Kier molecular flexibility index (Phi) is 5.81. The maximum absolute atomic E-state index is 2.27. The topological polar surface area (TPSA) is 0 Å². The highest BCUT2D eigenvalue weighted by Gasteiger charge is 1.82. The Labute approximate surface area is 61.0 Å². The monoisotopic (exact) mass is 225 g/mol. The van der Waals surface area contributed by atoms with Crippen LogP contribution in [-0.4, -0.2) is 4.86 Å². The van der Waals surface area contributed by atoms with Crippen molar-refractivity contribution in [3.63, 3.8) is 0 Å². The second kappa shape index (κ2) is 5.11. The summed E-state index contributed by atoms with van der Waals surface area (Å²) in [6, 6.07) is 0. The number of hydrogen-bond donors (Lipinski definition) is 0. The van der Waals surface area contributed by atoms with Crippen molar-refractivity contribution in [3.05, 3.63) is 11.4 Å². The van der Waals surface area contributed by atoms with E-state index >= 15 is 0 Å². The van der Waals surface area contributed by atoms with E-state index in [9.17, 15) is 0 Å². The Hall–Kier alpha value is 0.965. The van der Waals surface area contributed by atoms with Crippen LogP contribution in [0.15, 0.2) is 11.4 Å². The lowest BCUT2D eigenvalue weighted by Crippen LogP contribution is -1.61. The molecule has 0 aromatic carbocycles. The van der Waals surface area contributed by atoms with Crippen molar-refractivity contribution in [2.45, 2.75) is 13.8 Å². The van der Waals surface area contributed by atoms with Crippen LogP contribution >= 0.6 is 30.8 Å². The normalized spacial score (nSPS) is 13.3. The van der Waals surface area contributed by atoms with Crippen molar-refractivity contribution in [3.8, 4) is 0 Å². The van der Waals surface area contributed by atoms with E-state index in [2.05, 4.69) is 47.2 Å². The van der Waals surface area contributed by atoms with Gasteiger partial charge in [0.25, 0.3) is 0 Å². The van der Waals surface area contributed by atoms with Gasteiger partial charge in [0.05, 0.1) is 0 Å². The molecule has 0 fully saturated rings. The van der Waals surface area contributed by atoms with E-state index in [4.69, 9.17) is 0 Å². The van der Waals surface area contributed by atoms with Crippen molar-refractivity contribution < 1.29 is 0 Å². The van der Waals surface area contributed by atoms with Crippen LogP contribution < -0.4 is 0 Å². The van der Waals surface area contributed by atoms with Crippen LogP contribution in [0.2, 0.25) is 0 Å². The molecule has 0 saturated heterocycles. The summed E-state index contributed by atoms with van der Waals surface area (Å²) < 4.78 is 0. The van der Waals surface area contributed by atoms with E-state index in [0.29, 0.717) is 0 Å². The zero-order valence-corrected chi connectivity index (χ0v) is 7.69. The molecule has 0 aliphatic rings. The van der Waals surface area contributed by atoms with Crippen LogP contribution in [0.5, 0.6) is 0 Å². The third kappa shape index (κ3) is 4.83. The first-order chi connectivity index (χ1) is 3.31. The molecule has 7 heavy (non-hydrogen) atoms. The molecule has 3 heteroatoms. The van der Waals surface area contributed by atoms with Gasteiger partial charge in [-0.1, -0.05) is 11.4 Å². The van der Waals surface area contributed by atoms with Gasteiger partial charge >= 0.3 is 0 Å². The van der Waals surface area contributed by atoms with E-state index in [1.807, 2.05) is 0 Å². The Balaban J connectivity index is 3.17. The molecular formula is C4H8BIP. The van der Waals surface area contributed by atoms with Crippen LogP contribution in [0.3, 0.4) is 0 Å². The summed E-state index contributed by atoms with van der Waals surface area (Å²) in [6.07, 6.45) is 2.15. The first-order valence-corrected chi connectivity index (χ1v) is 4.45. The fourth-order valence-electron chi connectivity index (χ4n) is 0.169. The average molecular weight is 225 g/mol. The molecule has 0 spiro atoms. The Morgan fingerprint density at radius 1 is 1.86 bits per heavy atom. The van der Waals surface area contributed by atoms with E-state index < -0.39 is 0 Å². The number of halogens is 1. The third-order valence-corrected chi connectivity index (χ3v) is 2.50. The van der Waals surface area contributed by atoms with Crippen LogP contribution in [0.25, 0.3) is 0 Å². The molecule has 1 atom stereocenters. The fourth-order valence-corrected chi connectivity index (χ4v) is 1.98. The van der Waals surface area contributed by atoms with Gasteiger partial charge < -0.3 is 0 Å². The predicted molar refractivity (Wildman–Crippen MR) is 47.5 cm³/mol. The predicted octanol–water partition coefficient (Wildman–Crippen LogP) is 2.56. The Morgan fingerprint density at radius 2 is 2.43 bits per heavy atom. The molecule has 0 amide bonds. The molecule has 0 aliphatic carbocycles. The lowest BCUT2D eigenvalue weighted by Gasteiger charge is -1.89. The minimum absolute atomic E-state index is 0.911. The molecule has 1 unspecified atom stereocenters. The second-order valence-corrected chi connectivity index (χ2v) is 4.39. The summed E-state index contributed by atoms with van der Waals surface area (Å²) >= 11 is 2.27. The van der Waals surface area contributed by atoms with Gasteiger partial charge in [0, 0.05) is 0 Å². The SMILES string of the molecule is C/C=C(/C)P[B]I. The molecule has 39 valence electrons. The van der Waals surface area contributed by atoms with Gasteiger partial charge in [-0.3, -0.25) is 0 Å². The molecule has 0 saturated carbocycles. The van der Waals surface area contributed by atoms with Crippen molar-refractivity contribution >= 4 is 35.7 Å². The van der Waals surface area contributed by atoms with Crippen LogP contribution in [0, 0.1) is 0 Å². The van der Waals surface area contributed by atoms with E-state index in [1.54, 1.807) is 0 Å². The largest absolute Gasteiger partial charge is 0.234 e. The first kappa shape index (κ1) is 7.96. The van der Waals surface area contributed by atoms with Crippen molar-refractivity contribution in [2.24, 2.45) is 0 Å². The molecule has 0 heterocycles. The molecule has 0 aliphatic heterocycles. The molecule has 0 nitrogen and oxygen atoms in total. The summed E-state index contributed by atoms with van der Waals surface area (Å²) in [5.74, 6) is 0. The fraction of sp³-hybridized carbons (Fsp3) is 0.500. The van der Waals surface area contributed by atoms with Crippen LogP contribution in [-0.2, 0) is 0 Å². The summed E-state index contributed by atoms with van der Waals surface area (Å²) in [4.78, 5) is 2.16. The number of rotatable bonds is 2. The zero-order valence-electron chi connectivity index (χ0n) is 4.53. The zero-order chi connectivity index (χ0) is 5.70. The summed E-state index contributed by atoms with van der Waals surface area (Å²) in [7, 11) is 0.911. The summed E-state index contributed by atoms with van der Waals surface area (Å²) in [6.45, 7) is 4.22. The maximum atomic E-state index is 2.27. The minimum atomic E-state index is 0.911. The highest BCUT2D eigenvalue weighted by atomic mass is 127. The Bertz CT molecular complexity index is 72.1. The van der Waals surface area contributed by atoms with Gasteiger partial charge in [-0.15, -0.1) is 8.46 Å². The average Bonchev–Trinajstić information content (AvgIpc) is 1.68. The first-order valence-electron chi connectivity index (χ1n) is 2.12. The lowest BCUT2D eigenvalue weighted by molar-refractivity contribution is 1.60. The smallest absolute Gasteiger partial charge is 0.151 e. The van der Waals surface area contributed by atoms with Gasteiger partial charge in [-0.05, 0) is 13.8 Å². The van der Waals surface area contributed by atoms with Crippen molar-refractivity contribution in [1.29, 1.82) is 0 Å². The van der Waals surface area contributed by atoms with Crippen molar-refractivity contribution in [2.75, 3.05) is 0 Å². The number of hydrogen-bond acceptors (Lipinski definition) is 0. The molecule has 0 rings (SSSR count). The molecule has 0 bridgehead atoms. The van der Waals surface area contributed by atoms with Gasteiger partial charge in [-0.25, -0.2) is 0 Å². The second-order valence-electron chi connectivity index (χ2n) is 1.23. The van der Waals surface area contributed by atoms with Gasteiger partial charge in [0.2, 0.25) is 4.86 Å². The standard InChI is InChI=1S/C4H8BIP/c1-3-4(2)7-5-6/h3,7H,1-2H3/b4-3-. The molecular weight excluding hydrogens is 217 g/mol. The molecule has 0 aromatic rings. The van der Waals surface area contributed by atoms with Gasteiger partial charge in [-0.2, -0.15) is 22.4 Å². The lowest BCUT2D eigenvalue weighted by atomic mass is 10.6. The molecule has 0 aromatic heterocycles. The van der Waals surface area contributed by atoms with Gasteiger partial charge in [0.1, 0.15) is 0 Å².